The Morgan fingerprint density at radius 1 is 1.35 bits per heavy atom. The molecule has 1 aliphatic rings. The Labute approximate surface area is 160 Å². The molecular weight excluding hydrogens is 348 g/mol. The van der Waals surface area contributed by atoms with Crippen LogP contribution in [-0.4, -0.2) is 40.6 Å². The van der Waals surface area contributed by atoms with E-state index in [9.17, 15) is 4.79 Å². The van der Waals surface area contributed by atoms with E-state index in [0.29, 0.717) is 24.6 Å². The number of benzene rings is 1. The van der Waals surface area contributed by atoms with Gasteiger partial charge in [-0.2, -0.15) is 0 Å². The third-order valence-corrected chi connectivity index (χ3v) is 5.14. The van der Waals surface area contributed by atoms with Crippen molar-refractivity contribution in [2.24, 2.45) is 0 Å². The zero-order chi connectivity index (χ0) is 18.7. The minimum atomic E-state index is -0.330. The highest BCUT2D eigenvalue weighted by molar-refractivity contribution is 6.30. The number of nitrogens with zero attached hydrogens (tertiary/aromatic N) is 2. The van der Waals surface area contributed by atoms with E-state index in [-0.39, 0.29) is 23.5 Å². The molecule has 5 heteroatoms. The fourth-order valence-corrected chi connectivity index (χ4v) is 3.48. The van der Waals surface area contributed by atoms with Gasteiger partial charge < -0.3 is 9.64 Å². The predicted molar refractivity (Wildman–Crippen MR) is 103 cm³/mol. The van der Waals surface area contributed by atoms with Crippen LogP contribution in [-0.2, 0) is 16.0 Å². The van der Waals surface area contributed by atoms with Gasteiger partial charge in [-0.3, -0.25) is 9.78 Å². The van der Waals surface area contributed by atoms with Crippen molar-refractivity contribution >= 4 is 17.5 Å². The fraction of sp³-hybridized carbons (Fsp3) is 0.429. The Hall–Kier alpha value is -1.91. The van der Waals surface area contributed by atoms with Crippen molar-refractivity contribution in [3.05, 3.63) is 64.9 Å². The molecule has 1 amide bonds. The van der Waals surface area contributed by atoms with E-state index in [1.807, 2.05) is 54.4 Å². The summed E-state index contributed by atoms with van der Waals surface area (Å²) in [5, 5.41) is 0.668. The summed E-state index contributed by atoms with van der Waals surface area (Å²) in [6.07, 6.45) is 4.21. The van der Waals surface area contributed by atoms with E-state index in [0.717, 1.165) is 11.1 Å². The number of pyridine rings is 1. The number of rotatable bonds is 4. The van der Waals surface area contributed by atoms with Crippen molar-refractivity contribution in [3.63, 3.8) is 0 Å². The van der Waals surface area contributed by atoms with Crippen LogP contribution < -0.4 is 0 Å². The summed E-state index contributed by atoms with van der Waals surface area (Å²) in [5.74, 6) is -0.155. The molecule has 0 radical (unpaired) electrons. The molecule has 1 fully saturated rings. The summed E-state index contributed by atoms with van der Waals surface area (Å²) in [6, 6.07) is 11.5. The average Bonchev–Trinajstić information content (AvgIpc) is 2.63. The lowest BCUT2D eigenvalue weighted by molar-refractivity contribution is -0.154. The van der Waals surface area contributed by atoms with Crippen LogP contribution in [0.25, 0.3) is 0 Å². The van der Waals surface area contributed by atoms with E-state index < -0.39 is 0 Å². The Kier molecular flexibility index (Phi) is 5.64. The maximum absolute atomic E-state index is 13.6. The van der Waals surface area contributed by atoms with Crippen LogP contribution in [0, 0.1) is 0 Å². The number of carbonyl (C=O) groups is 1. The normalized spacial score (nSPS) is 20.6. The standard InChI is InChI=1S/C21H25ClN2O2/c1-15-13-24(21(2,3)14-26-15)20(25)19(11-16-5-4-10-23-12-16)17-6-8-18(22)9-7-17/h4-10,12,15,19H,11,13-14H2,1-3H3. The van der Waals surface area contributed by atoms with Gasteiger partial charge in [0.05, 0.1) is 24.2 Å². The van der Waals surface area contributed by atoms with Gasteiger partial charge >= 0.3 is 0 Å². The highest BCUT2D eigenvalue weighted by Crippen LogP contribution is 2.30. The number of hydrogen-bond acceptors (Lipinski definition) is 3. The molecule has 2 unspecified atom stereocenters. The molecule has 4 nitrogen and oxygen atoms in total. The molecule has 1 aliphatic heterocycles. The number of aromatic nitrogens is 1. The molecule has 1 saturated heterocycles. The smallest absolute Gasteiger partial charge is 0.231 e. The first-order valence-corrected chi connectivity index (χ1v) is 9.32. The Balaban J connectivity index is 1.93. The first-order valence-electron chi connectivity index (χ1n) is 8.94. The molecule has 3 rings (SSSR count). The highest BCUT2D eigenvalue weighted by Gasteiger charge is 2.39. The van der Waals surface area contributed by atoms with Crippen molar-refractivity contribution in [1.82, 2.24) is 9.88 Å². The first kappa shape index (κ1) is 18.9. The van der Waals surface area contributed by atoms with Crippen molar-refractivity contribution < 1.29 is 9.53 Å². The van der Waals surface area contributed by atoms with Gasteiger partial charge in [-0.1, -0.05) is 29.8 Å². The van der Waals surface area contributed by atoms with Crippen LogP contribution >= 0.6 is 11.6 Å². The zero-order valence-electron chi connectivity index (χ0n) is 15.5. The molecule has 2 atom stereocenters. The lowest BCUT2D eigenvalue weighted by atomic mass is 9.89. The fourth-order valence-electron chi connectivity index (χ4n) is 3.35. The van der Waals surface area contributed by atoms with Crippen molar-refractivity contribution in [2.45, 2.75) is 44.8 Å². The Bertz CT molecular complexity index is 746. The minimum Gasteiger partial charge on any atom is -0.374 e. The summed E-state index contributed by atoms with van der Waals surface area (Å²) in [4.78, 5) is 19.7. The monoisotopic (exact) mass is 372 g/mol. The molecule has 1 aromatic heterocycles. The summed E-state index contributed by atoms with van der Waals surface area (Å²) < 4.78 is 5.77. The van der Waals surface area contributed by atoms with Crippen molar-refractivity contribution in [2.75, 3.05) is 13.2 Å². The van der Waals surface area contributed by atoms with Crippen LogP contribution in [0.15, 0.2) is 48.8 Å². The maximum Gasteiger partial charge on any atom is 0.231 e. The third kappa shape index (κ3) is 4.25. The molecule has 0 saturated carbocycles. The summed E-state index contributed by atoms with van der Waals surface area (Å²) in [5.41, 5.74) is 1.68. The third-order valence-electron chi connectivity index (χ3n) is 4.89. The van der Waals surface area contributed by atoms with Gasteiger partial charge in [-0.05, 0) is 56.5 Å². The number of carbonyl (C=O) groups excluding carboxylic acids is 1. The molecule has 0 spiro atoms. The lowest BCUT2D eigenvalue weighted by Crippen LogP contribution is -2.59. The predicted octanol–water partition coefficient (Wildman–Crippen LogP) is 4.09. The molecule has 0 bridgehead atoms. The minimum absolute atomic E-state index is 0.0382. The summed E-state index contributed by atoms with van der Waals surface area (Å²) >= 11 is 6.05. The van der Waals surface area contributed by atoms with Crippen LogP contribution in [0.5, 0.6) is 0 Å². The lowest BCUT2D eigenvalue weighted by Gasteiger charge is -2.46. The SMILES string of the molecule is CC1CN(C(=O)C(Cc2cccnc2)c2ccc(Cl)cc2)C(C)(C)CO1. The topological polar surface area (TPSA) is 42.4 Å². The van der Waals surface area contributed by atoms with Gasteiger partial charge in [0.2, 0.25) is 5.91 Å². The number of halogens is 1. The number of amides is 1. The van der Waals surface area contributed by atoms with Gasteiger partial charge in [-0.25, -0.2) is 0 Å². The van der Waals surface area contributed by atoms with E-state index in [1.165, 1.54) is 0 Å². The second kappa shape index (κ2) is 7.77. The largest absolute Gasteiger partial charge is 0.374 e. The van der Waals surface area contributed by atoms with Crippen LogP contribution in [0.3, 0.4) is 0 Å². The van der Waals surface area contributed by atoms with Crippen LogP contribution in [0.1, 0.15) is 37.8 Å². The van der Waals surface area contributed by atoms with E-state index in [4.69, 9.17) is 16.3 Å². The molecule has 138 valence electrons. The van der Waals surface area contributed by atoms with Crippen LogP contribution in [0.2, 0.25) is 5.02 Å². The average molecular weight is 373 g/mol. The second-order valence-corrected chi connectivity index (χ2v) is 7.99. The van der Waals surface area contributed by atoms with Gasteiger partial charge in [0.15, 0.2) is 0 Å². The Morgan fingerprint density at radius 2 is 2.08 bits per heavy atom. The van der Waals surface area contributed by atoms with Gasteiger partial charge in [-0.15, -0.1) is 0 Å². The molecule has 2 aromatic rings. The van der Waals surface area contributed by atoms with Crippen LogP contribution in [0.4, 0.5) is 0 Å². The second-order valence-electron chi connectivity index (χ2n) is 7.55. The number of hydrogen-bond donors (Lipinski definition) is 0. The molecule has 2 heterocycles. The first-order chi connectivity index (χ1) is 12.4. The number of morpholine rings is 1. The summed E-state index contributed by atoms with van der Waals surface area (Å²) in [7, 11) is 0. The van der Waals surface area contributed by atoms with Gasteiger partial charge in [0.1, 0.15) is 0 Å². The molecular formula is C21H25ClN2O2. The number of ether oxygens (including phenoxy) is 1. The Morgan fingerprint density at radius 3 is 2.73 bits per heavy atom. The van der Waals surface area contributed by atoms with E-state index in [2.05, 4.69) is 18.8 Å². The van der Waals surface area contributed by atoms with Crippen molar-refractivity contribution in [1.29, 1.82) is 0 Å². The molecule has 0 N–H and O–H groups in total. The highest BCUT2D eigenvalue weighted by atomic mass is 35.5. The van der Waals surface area contributed by atoms with Gasteiger partial charge in [0, 0.05) is 24.0 Å². The summed E-state index contributed by atoms with van der Waals surface area (Å²) in [6.45, 7) is 7.26. The molecule has 0 aliphatic carbocycles. The molecule has 1 aromatic carbocycles. The van der Waals surface area contributed by atoms with E-state index in [1.54, 1.807) is 6.20 Å². The van der Waals surface area contributed by atoms with Crippen molar-refractivity contribution in [3.8, 4) is 0 Å². The van der Waals surface area contributed by atoms with Gasteiger partial charge in [0.25, 0.3) is 0 Å². The maximum atomic E-state index is 13.6. The zero-order valence-corrected chi connectivity index (χ0v) is 16.2. The molecule has 26 heavy (non-hydrogen) atoms. The quantitative estimate of drug-likeness (QED) is 0.811. The van der Waals surface area contributed by atoms with E-state index >= 15 is 0 Å².